The summed E-state index contributed by atoms with van der Waals surface area (Å²) in [6.07, 6.45) is -0.728. The molecule has 3 N–H and O–H groups in total. The Kier molecular flexibility index (Phi) is 6.13. The maximum atomic E-state index is 13.5. The van der Waals surface area contributed by atoms with Crippen LogP contribution in [0.25, 0.3) is 0 Å². The Hall–Kier alpha value is -1.80. The number of rotatable bonds is 5. The first-order chi connectivity index (χ1) is 13.9. The number of hydrogen-bond donors (Lipinski definition) is 2. The molecule has 3 rings (SSSR count). The molecule has 0 heterocycles. The lowest BCUT2D eigenvalue weighted by atomic mass is 10.1. The molecule has 1 saturated carbocycles. The molecule has 0 aromatic heterocycles. The molecule has 1 aliphatic rings. The van der Waals surface area contributed by atoms with E-state index in [0.717, 1.165) is 0 Å². The lowest BCUT2D eigenvalue weighted by Crippen LogP contribution is -2.49. The maximum absolute atomic E-state index is 13.5. The first-order valence-corrected chi connectivity index (χ1v) is 11.7. The van der Waals surface area contributed by atoms with Crippen molar-refractivity contribution in [2.24, 2.45) is 5.73 Å². The smallest absolute Gasteiger partial charge is 0.408 e. The summed E-state index contributed by atoms with van der Waals surface area (Å²) < 4.78 is 32.3. The lowest BCUT2D eigenvalue weighted by Gasteiger charge is -2.24. The summed E-state index contributed by atoms with van der Waals surface area (Å²) in [6, 6.07) is 12.8. The monoisotopic (exact) mass is 470 g/mol. The fourth-order valence-corrected chi connectivity index (χ4v) is 6.41. The van der Waals surface area contributed by atoms with Crippen molar-refractivity contribution in [1.82, 2.24) is 5.32 Å². The van der Waals surface area contributed by atoms with Gasteiger partial charge in [-0.25, -0.2) is 13.2 Å². The predicted octanol–water partition coefficient (Wildman–Crippen LogP) is 4.16. The summed E-state index contributed by atoms with van der Waals surface area (Å²) >= 11 is 12.0. The molecule has 0 saturated heterocycles. The standard InChI is InChI=1S/C21H24Cl2N2O4S/c1-20(2,3)29-19(26)25-21(12-24)17(13-5-4-6-15(23)11-13)18(21)30(27,28)16-9-7-14(22)8-10-16/h4-11,17-18H,12,24H2,1-3H3,(H,25,26). The van der Waals surface area contributed by atoms with Crippen LogP contribution in [0.4, 0.5) is 4.79 Å². The zero-order chi connectivity index (χ0) is 22.3. The van der Waals surface area contributed by atoms with Crippen LogP contribution < -0.4 is 11.1 Å². The van der Waals surface area contributed by atoms with Crippen molar-refractivity contribution in [3.8, 4) is 0 Å². The van der Waals surface area contributed by atoms with Crippen LogP contribution in [0.2, 0.25) is 10.0 Å². The largest absolute Gasteiger partial charge is 0.444 e. The number of benzene rings is 2. The highest BCUT2D eigenvalue weighted by molar-refractivity contribution is 7.92. The average Bonchev–Trinajstić information content (AvgIpc) is 3.30. The van der Waals surface area contributed by atoms with Gasteiger partial charge in [-0.05, 0) is 62.7 Å². The van der Waals surface area contributed by atoms with Gasteiger partial charge in [-0.2, -0.15) is 0 Å². The topological polar surface area (TPSA) is 98.5 Å². The summed E-state index contributed by atoms with van der Waals surface area (Å²) in [5.41, 5.74) is 4.74. The zero-order valence-corrected chi connectivity index (χ0v) is 19.2. The average molecular weight is 471 g/mol. The molecule has 1 aliphatic carbocycles. The zero-order valence-electron chi connectivity index (χ0n) is 16.9. The van der Waals surface area contributed by atoms with Crippen LogP contribution in [0.15, 0.2) is 53.4 Å². The van der Waals surface area contributed by atoms with Crippen molar-refractivity contribution in [1.29, 1.82) is 0 Å². The lowest BCUT2D eigenvalue weighted by molar-refractivity contribution is 0.0497. The Morgan fingerprint density at radius 1 is 1.13 bits per heavy atom. The molecule has 1 amide bonds. The van der Waals surface area contributed by atoms with Gasteiger partial charge in [-0.3, -0.25) is 0 Å². The van der Waals surface area contributed by atoms with E-state index in [-0.39, 0.29) is 11.4 Å². The van der Waals surface area contributed by atoms with Crippen molar-refractivity contribution >= 4 is 39.1 Å². The molecule has 2 aromatic carbocycles. The number of ether oxygens (including phenoxy) is 1. The minimum atomic E-state index is -3.85. The van der Waals surface area contributed by atoms with E-state index >= 15 is 0 Å². The number of amides is 1. The van der Waals surface area contributed by atoms with Gasteiger partial charge >= 0.3 is 6.09 Å². The molecule has 3 unspecified atom stereocenters. The van der Waals surface area contributed by atoms with E-state index in [1.54, 1.807) is 45.0 Å². The summed E-state index contributed by atoms with van der Waals surface area (Å²) in [5.74, 6) is -0.589. The molecule has 3 atom stereocenters. The van der Waals surface area contributed by atoms with E-state index in [1.165, 1.54) is 24.3 Å². The van der Waals surface area contributed by atoms with Crippen LogP contribution in [0.1, 0.15) is 32.3 Å². The summed E-state index contributed by atoms with van der Waals surface area (Å²) in [6.45, 7) is 5.09. The fourth-order valence-electron chi connectivity index (χ4n) is 3.74. The number of alkyl carbamates (subject to hydrolysis) is 1. The van der Waals surface area contributed by atoms with Crippen molar-refractivity contribution < 1.29 is 17.9 Å². The molecule has 0 radical (unpaired) electrons. The van der Waals surface area contributed by atoms with E-state index in [4.69, 9.17) is 33.7 Å². The minimum absolute atomic E-state index is 0.0963. The van der Waals surface area contributed by atoms with Crippen molar-refractivity contribution in [3.63, 3.8) is 0 Å². The number of carbonyl (C=O) groups is 1. The van der Waals surface area contributed by atoms with Gasteiger partial charge in [0.2, 0.25) is 0 Å². The summed E-state index contributed by atoms with van der Waals surface area (Å²) in [4.78, 5) is 12.6. The number of hydrogen-bond acceptors (Lipinski definition) is 5. The highest BCUT2D eigenvalue weighted by Crippen LogP contribution is 2.57. The van der Waals surface area contributed by atoms with Gasteiger partial charge in [-0.15, -0.1) is 0 Å². The molecular weight excluding hydrogens is 447 g/mol. The van der Waals surface area contributed by atoms with Crippen LogP contribution in [0.5, 0.6) is 0 Å². The first kappa shape index (κ1) is 22.9. The van der Waals surface area contributed by atoms with Gasteiger partial charge in [0.15, 0.2) is 9.84 Å². The Labute approximate surface area is 186 Å². The fraction of sp³-hybridized carbons (Fsp3) is 0.381. The molecule has 162 valence electrons. The van der Waals surface area contributed by atoms with E-state index in [1.807, 2.05) is 0 Å². The second-order valence-corrected chi connectivity index (χ2v) is 11.3. The quantitative estimate of drug-likeness (QED) is 0.683. The van der Waals surface area contributed by atoms with Crippen LogP contribution in [0.3, 0.4) is 0 Å². The summed E-state index contributed by atoms with van der Waals surface area (Å²) in [7, 11) is -3.85. The second-order valence-electron chi connectivity index (χ2n) is 8.32. The number of sulfone groups is 1. The van der Waals surface area contributed by atoms with Gasteiger partial charge in [0, 0.05) is 22.5 Å². The molecule has 0 spiro atoms. The third-order valence-electron chi connectivity index (χ3n) is 5.01. The molecule has 9 heteroatoms. The van der Waals surface area contributed by atoms with Crippen LogP contribution in [-0.4, -0.2) is 37.4 Å². The Morgan fingerprint density at radius 2 is 1.77 bits per heavy atom. The van der Waals surface area contributed by atoms with E-state index in [2.05, 4.69) is 5.32 Å². The number of halogens is 2. The third-order valence-corrected chi connectivity index (χ3v) is 7.79. The second kappa shape index (κ2) is 8.04. The van der Waals surface area contributed by atoms with Crippen LogP contribution in [0, 0.1) is 0 Å². The Bertz CT molecular complexity index is 1050. The van der Waals surface area contributed by atoms with Crippen LogP contribution in [-0.2, 0) is 14.6 Å². The minimum Gasteiger partial charge on any atom is -0.444 e. The Morgan fingerprint density at radius 3 is 2.30 bits per heavy atom. The van der Waals surface area contributed by atoms with Gasteiger partial charge in [0.25, 0.3) is 0 Å². The highest BCUT2D eigenvalue weighted by Gasteiger charge is 2.71. The van der Waals surface area contributed by atoms with Crippen LogP contribution >= 0.6 is 23.2 Å². The van der Waals surface area contributed by atoms with E-state index in [0.29, 0.717) is 15.6 Å². The maximum Gasteiger partial charge on any atom is 0.408 e. The molecular formula is C21H24Cl2N2O4S. The molecule has 2 aromatic rings. The third kappa shape index (κ3) is 4.44. The number of carbonyl (C=O) groups excluding carboxylic acids is 1. The molecule has 0 bridgehead atoms. The van der Waals surface area contributed by atoms with Crippen molar-refractivity contribution in [2.75, 3.05) is 6.54 Å². The van der Waals surface area contributed by atoms with Crippen molar-refractivity contribution in [3.05, 3.63) is 64.1 Å². The van der Waals surface area contributed by atoms with E-state index < -0.39 is 38.2 Å². The highest BCUT2D eigenvalue weighted by atomic mass is 35.5. The first-order valence-electron chi connectivity index (χ1n) is 9.37. The molecule has 0 aliphatic heterocycles. The summed E-state index contributed by atoms with van der Waals surface area (Å²) in [5, 5.41) is 2.65. The SMILES string of the molecule is CC(C)(C)OC(=O)NC1(CN)C(c2cccc(Cl)c2)C1S(=O)(=O)c1ccc(Cl)cc1. The number of nitrogens with two attached hydrogens (primary N) is 1. The van der Waals surface area contributed by atoms with Crippen molar-refractivity contribution in [2.45, 2.75) is 48.0 Å². The normalized spacial score (nSPS) is 23.7. The van der Waals surface area contributed by atoms with E-state index in [9.17, 15) is 13.2 Å². The Balaban J connectivity index is 2.05. The van der Waals surface area contributed by atoms with Gasteiger partial charge in [0.1, 0.15) is 10.9 Å². The molecule has 30 heavy (non-hydrogen) atoms. The van der Waals surface area contributed by atoms with Gasteiger partial charge in [-0.1, -0.05) is 35.3 Å². The van der Waals surface area contributed by atoms with Gasteiger partial charge in [0.05, 0.1) is 10.4 Å². The predicted molar refractivity (Wildman–Crippen MR) is 118 cm³/mol. The number of nitrogens with one attached hydrogen (secondary N) is 1. The molecule has 1 fully saturated rings. The van der Waals surface area contributed by atoms with Gasteiger partial charge < -0.3 is 15.8 Å². The molecule has 6 nitrogen and oxygen atoms in total.